The number of hydrogen-bond acceptors (Lipinski definition) is 2. The standard InChI is InChI=1S/C14H20BrNO/c1-10(15)7-11(2)16-8-12-9-17-14-6-4-3-5-13(12)14/h3-6,10-12,16H,7-9H2,1-2H3. The van der Waals surface area contributed by atoms with Crippen LogP contribution in [0.15, 0.2) is 24.3 Å². The average molecular weight is 298 g/mol. The molecule has 1 N–H and O–H groups in total. The largest absolute Gasteiger partial charge is 0.493 e. The van der Waals surface area contributed by atoms with Crippen molar-refractivity contribution < 1.29 is 4.74 Å². The molecule has 3 unspecified atom stereocenters. The predicted molar refractivity (Wildman–Crippen MR) is 75.1 cm³/mol. The Bertz CT molecular complexity index is 367. The first-order chi connectivity index (χ1) is 8.16. The molecule has 1 aromatic carbocycles. The molecule has 2 nitrogen and oxygen atoms in total. The maximum atomic E-state index is 5.68. The summed E-state index contributed by atoms with van der Waals surface area (Å²) in [6.07, 6.45) is 1.15. The third kappa shape index (κ3) is 3.46. The van der Waals surface area contributed by atoms with E-state index in [-0.39, 0.29) is 0 Å². The van der Waals surface area contributed by atoms with Crippen molar-refractivity contribution in [2.24, 2.45) is 0 Å². The second-order valence-electron chi connectivity index (χ2n) is 4.87. The van der Waals surface area contributed by atoms with Crippen molar-refractivity contribution in [2.75, 3.05) is 13.2 Å². The highest BCUT2D eigenvalue weighted by Gasteiger charge is 2.23. The number of nitrogens with one attached hydrogen (secondary N) is 1. The number of hydrogen-bond donors (Lipinski definition) is 1. The molecular weight excluding hydrogens is 278 g/mol. The maximum Gasteiger partial charge on any atom is 0.122 e. The van der Waals surface area contributed by atoms with E-state index >= 15 is 0 Å². The second-order valence-corrected chi connectivity index (χ2v) is 6.43. The van der Waals surface area contributed by atoms with Gasteiger partial charge in [-0.15, -0.1) is 0 Å². The SMILES string of the molecule is CC(Br)CC(C)NCC1COc2ccccc21. The van der Waals surface area contributed by atoms with Crippen LogP contribution < -0.4 is 10.1 Å². The summed E-state index contributed by atoms with van der Waals surface area (Å²) in [5.74, 6) is 1.56. The Kier molecular flexibility index (Phi) is 4.46. The summed E-state index contributed by atoms with van der Waals surface area (Å²) in [7, 11) is 0. The number of rotatable bonds is 5. The zero-order chi connectivity index (χ0) is 12.3. The van der Waals surface area contributed by atoms with Gasteiger partial charge in [0.2, 0.25) is 0 Å². The molecule has 2 rings (SSSR count). The van der Waals surface area contributed by atoms with Gasteiger partial charge in [-0.3, -0.25) is 0 Å². The lowest BCUT2D eigenvalue weighted by Gasteiger charge is -2.17. The molecule has 0 spiro atoms. The van der Waals surface area contributed by atoms with E-state index in [0.29, 0.717) is 16.8 Å². The molecule has 3 atom stereocenters. The minimum atomic E-state index is 0.499. The van der Waals surface area contributed by atoms with E-state index in [1.54, 1.807) is 0 Å². The monoisotopic (exact) mass is 297 g/mol. The average Bonchev–Trinajstić information content (AvgIpc) is 2.69. The van der Waals surface area contributed by atoms with Crippen molar-refractivity contribution in [1.29, 1.82) is 0 Å². The maximum absolute atomic E-state index is 5.68. The summed E-state index contributed by atoms with van der Waals surface area (Å²) >= 11 is 3.59. The third-order valence-electron chi connectivity index (χ3n) is 3.19. The molecule has 0 radical (unpaired) electrons. The summed E-state index contributed by atoms with van der Waals surface area (Å²) in [4.78, 5) is 0.567. The Morgan fingerprint density at radius 2 is 2.18 bits per heavy atom. The normalized spacial score (nSPS) is 21.7. The molecule has 94 valence electrons. The van der Waals surface area contributed by atoms with Gasteiger partial charge in [-0.05, 0) is 19.4 Å². The number of ether oxygens (including phenoxy) is 1. The molecule has 1 aromatic rings. The highest BCUT2D eigenvalue weighted by molar-refractivity contribution is 9.09. The molecule has 0 saturated carbocycles. The Labute approximate surface area is 112 Å². The van der Waals surface area contributed by atoms with Crippen molar-refractivity contribution >= 4 is 15.9 Å². The van der Waals surface area contributed by atoms with E-state index in [1.807, 2.05) is 6.07 Å². The van der Waals surface area contributed by atoms with Gasteiger partial charge in [0.25, 0.3) is 0 Å². The summed E-state index contributed by atoms with van der Waals surface area (Å²) in [6, 6.07) is 8.89. The van der Waals surface area contributed by atoms with Crippen molar-refractivity contribution in [1.82, 2.24) is 5.32 Å². The van der Waals surface area contributed by atoms with Crippen LogP contribution in [0.2, 0.25) is 0 Å². The highest BCUT2D eigenvalue weighted by atomic mass is 79.9. The van der Waals surface area contributed by atoms with E-state index in [0.717, 1.165) is 25.3 Å². The Morgan fingerprint density at radius 1 is 1.41 bits per heavy atom. The Morgan fingerprint density at radius 3 is 2.94 bits per heavy atom. The molecule has 17 heavy (non-hydrogen) atoms. The first-order valence-corrected chi connectivity index (χ1v) is 7.17. The molecule has 1 heterocycles. The minimum absolute atomic E-state index is 0.499. The fraction of sp³-hybridized carbons (Fsp3) is 0.571. The predicted octanol–water partition coefficient (Wildman–Crippen LogP) is 3.31. The van der Waals surface area contributed by atoms with Gasteiger partial charge in [0, 0.05) is 28.9 Å². The first-order valence-electron chi connectivity index (χ1n) is 6.26. The van der Waals surface area contributed by atoms with Crippen LogP contribution in [0.1, 0.15) is 31.7 Å². The molecule has 1 aliphatic heterocycles. The fourth-order valence-electron chi connectivity index (χ4n) is 2.31. The van der Waals surface area contributed by atoms with E-state index in [1.165, 1.54) is 5.56 Å². The van der Waals surface area contributed by atoms with Crippen LogP contribution in [0, 0.1) is 0 Å². The zero-order valence-corrected chi connectivity index (χ0v) is 12.0. The van der Waals surface area contributed by atoms with Gasteiger partial charge >= 0.3 is 0 Å². The lowest BCUT2D eigenvalue weighted by atomic mass is 10.0. The summed E-state index contributed by atoms with van der Waals surface area (Å²) in [5.41, 5.74) is 1.35. The van der Waals surface area contributed by atoms with Crippen LogP contribution in [-0.4, -0.2) is 24.0 Å². The zero-order valence-electron chi connectivity index (χ0n) is 10.4. The first kappa shape index (κ1) is 12.9. The van der Waals surface area contributed by atoms with Gasteiger partial charge in [0.1, 0.15) is 5.75 Å². The molecule has 0 saturated heterocycles. The van der Waals surface area contributed by atoms with E-state index in [4.69, 9.17) is 4.74 Å². The van der Waals surface area contributed by atoms with Crippen molar-refractivity contribution in [3.05, 3.63) is 29.8 Å². The van der Waals surface area contributed by atoms with Crippen LogP contribution >= 0.6 is 15.9 Å². The molecule has 0 fully saturated rings. The van der Waals surface area contributed by atoms with Gasteiger partial charge < -0.3 is 10.1 Å². The van der Waals surface area contributed by atoms with E-state index in [9.17, 15) is 0 Å². The van der Waals surface area contributed by atoms with Crippen LogP contribution in [0.25, 0.3) is 0 Å². The van der Waals surface area contributed by atoms with Gasteiger partial charge in [0.15, 0.2) is 0 Å². The molecule has 0 aromatic heterocycles. The molecule has 0 aliphatic carbocycles. The van der Waals surface area contributed by atoms with Crippen molar-refractivity contribution in [2.45, 2.75) is 37.1 Å². The van der Waals surface area contributed by atoms with Crippen LogP contribution in [0.3, 0.4) is 0 Å². The number of alkyl halides is 1. The van der Waals surface area contributed by atoms with Crippen LogP contribution in [0.4, 0.5) is 0 Å². The van der Waals surface area contributed by atoms with Gasteiger partial charge in [0.05, 0.1) is 6.61 Å². The summed E-state index contributed by atoms with van der Waals surface area (Å²) < 4.78 is 5.68. The van der Waals surface area contributed by atoms with Crippen molar-refractivity contribution in [3.8, 4) is 5.75 Å². The molecule has 3 heteroatoms. The molecule has 0 bridgehead atoms. The van der Waals surface area contributed by atoms with Crippen LogP contribution in [0.5, 0.6) is 5.75 Å². The quantitative estimate of drug-likeness (QED) is 0.842. The topological polar surface area (TPSA) is 21.3 Å². The molecular formula is C14H20BrNO. The number of halogens is 1. The van der Waals surface area contributed by atoms with E-state index in [2.05, 4.69) is 53.3 Å². The summed E-state index contributed by atoms with van der Waals surface area (Å²) in [6.45, 7) is 6.23. The Hall–Kier alpha value is -0.540. The smallest absolute Gasteiger partial charge is 0.122 e. The van der Waals surface area contributed by atoms with Crippen molar-refractivity contribution in [3.63, 3.8) is 0 Å². The van der Waals surface area contributed by atoms with E-state index < -0.39 is 0 Å². The third-order valence-corrected chi connectivity index (χ3v) is 3.56. The molecule has 1 aliphatic rings. The number of para-hydroxylation sites is 1. The molecule has 0 amide bonds. The highest BCUT2D eigenvalue weighted by Crippen LogP contribution is 2.32. The Balaban J connectivity index is 1.85. The van der Waals surface area contributed by atoms with Gasteiger partial charge in [-0.2, -0.15) is 0 Å². The number of fused-ring (bicyclic) bond motifs is 1. The number of benzene rings is 1. The lowest BCUT2D eigenvalue weighted by molar-refractivity contribution is 0.322. The minimum Gasteiger partial charge on any atom is -0.493 e. The lowest BCUT2D eigenvalue weighted by Crippen LogP contribution is -2.32. The fourth-order valence-corrected chi connectivity index (χ4v) is 2.87. The second kappa shape index (κ2) is 5.87. The van der Waals surface area contributed by atoms with Gasteiger partial charge in [-0.1, -0.05) is 41.1 Å². The summed E-state index contributed by atoms with van der Waals surface area (Å²) in [5, 5.41) is 3.59. The van der Waals surface area contributed by atoms with Crippen LogP contribution in [-0.2, 0) is 0 Å². The van der Waals surface area contributed by atoms with Gasteiger partial charge in [-0.25, -0.2) is 0 Å².